The largest absolute Gasteiger partial charge is 0.351 e. The molecule has 1 heterocycles. The van der Waals surface area contributed by atoms with E-state index in [0.717, 1.165) is 23.8 Å². The molecule has 4 aliphatic carbocycles. The minimum atomic E-state index is -0.775. The smallest absolute Gasteiger partial charge is 0.246 e. The van der Waals surface area contributed by atoms with Gasteiger partial charge in [0.2, 0.25) is 17.7 Å². The molecule has 5 aliphatic rings. The molecule has 2 N–H and O–H groups in total. The number of hydrogen-bond acceptors (Lipinski definition) is 3. The van der Waals surface area contributed by atoms with Crippen molar-refractivity contribution in [2.75, 3.05) is 6.54 Å². The fourth-order valence-corrected chi connectivity index (χ4v) is 7.23. The maximum Gasteiger partial charge on any atom is 0.246 e. The molecule has 5 fully saturated rings. The van der Waals surface area contributed by atoms with Gasteiger partial charge in [0.25, 0.3) is 0 Å². The number of nitrogens with zero attached hydrogens (tertiary/aromatic N) is 1. The van der Waals surface area contributed by atoms with Crippen LogP contribution < -0.4 is 10.6 Å². The summed E-state index contributed by atoms with van der Waals surface area (Å²) in [5, 5.41) is 6.11. The van der Waals surface area contributed by atoms with Gasteiger partial charge in [-0.1, -0.05) is 12.1 Å². The van der Waals surface area contributed by atoms with Gasteiger partial charge in [-0.15, -0.1) is 0 Å². The van der Waals surface area contributed by atoms with Crippen molar-refractivity contribution in [1.29, 1.82) is 0 Å². The first-order chi connectivity index (χ1) is 15.9. The zero-order valence-corrected chi connectivity index (χ0v) is 19.3. The Morgan fingerprint density at radius 1 is 1.03 bits per heavy atom. The van der Waals surface area contributed by atoms with Gasteiger partial charge < -0.3 is 15.5 Å². The second-order valence-corrected chi connectivity index (χ2v) is 10.7. The number of benzene rings is 1. The van der Waals surface area contributed by atoms with E-state index in [0.29, 0.717) is 24.8 Å². The van der Waals surface area contributed by atoms with Crippen molar-refractivity contribution >= 4 is 17.7 Å². The molecule has 1 aromatic carbocycles. The van der Waals surface area contributed by atoms with Crippen LogP contribution in [0.3, 0.4) is 0 Å². The van der Waals surface area contributed by atoms with Gasteiger partial charge in [0.15, 0.2) is 0 Å². The van der Waals surface area contributed by atoms with Crippen LogP contribution in [0.4, 0.5) is 4.39 Å². The topological polar surface area (TPSA) is 78.5 Å². The quantitative estimate of drug-likeness (QED) is 0.693. The minimum absolute atomic E-state index is 0.0401. The zero-order valence-electron chi connectivity index (χ0n) is 19.3. The number of hydrogen-bond donors (Lipinski definition) is 2. The highest BCUT2D eigenvalue weighted by Gasteiger charge is 2.49. The fourth-order valence-electron chi connectivity index (χ4n) is 7.23. The average molecular weight is 456 g/mol. The third-order valence-electron chi connectivity index (χ3n) is 8.40. The van der Waals surface area contributed by atoms with E-state index in [1.165, 1.54) is 51.2 Å². The van der Waals surface area contributed by atoms with Crippen molar-refractivity contribution in [3.05, 3.63) is 35.6 Å². The SMILES string of the molecule is CC(=O)NC(Cc1ccc(F)cc1)C(=O)N1CCC[C@@H]1C(=O)NC1C2CC3CC(C2)CC1C3. The second kappa shape index (κ2) is 9.07. The number of likely N-dealkylation sites (tertiary alicyclic amines) is 1. The molecule has 0 radical (unpaired) electrons. The average Bonchev–Trinajstić information content (AvgIpc) is 3.26. The lowest BCUT2D eigenvalue weighted by Crippen LogP contribution is -2.59. The van der Waals surface area contributed by atoms with E-state index >= 15 is 0 Å². The van der Waals surface area contributed by atoms with Crippen molar-refractivity contribution in [3.63, 3.8) is 0 Å². The molecule has 6 nitrogen and oxygen atoms in total. The Morgan fingerprint density at radius 2 is 1.67 bits per heavy atom. The van der Waals surface area contributed by atoms with E-state index in [1.807, 2.05) is 0 Å². The lowest BCUT2D eigenvalue weighted by Gasteiger charge is -2.54. The summed E-state index contributed by atoms with van der Waals surface area (Å²) in [5.74, 6) is 1.93. The summed E-state index contributed by atoms with van der Waals surface area (Å²) in [4.78, 5) is 40.3. The third-order valence-corrected chi connectivity index (χ3v) is 8.40. The standard InChI is InChI=1S/C26H34FN3O3/c1-15(31)28-22(14-16-4-6-21(27)7-5-16)26(33)30-8-2-3-23(30)25(32)29-24-19-10-17-9-18(12-19)13-20(24)11-17/h4-7,17-20,22-24H,2-3,8-14H2,1H3,(H,28,31)(H,29,32)/t17?,18?,19?,20?,22?,23-,24?/m1/s1. The van der Waals surface area contributed by atoms with Crippen LogP contribution in [0.15, 0.2) is 24.3 Å². The maximum absolute atomic E-state index is 13.5. The van der Waals surface area contributed by atoms with Gasteiger partial charge in [-0.25, -0.2) is 4.39 Å². The predicted octanol–water partition coefficient (Wildman–Crippen LogP) is 2.80. The van der Waals surface area contributed by atoms with E-state index in [2.05, 4.69) is 10.6 Å². The van der Waals surface area contributed by atoms with Gasteiger partial charge in [-0.05, 0) is 86.3 Å². The molecule has 7 heteroatoms. The highest BCUT2D eigenvalue weighted by atomic mass is 19.1. The fraction of sp³-hybridized carbons (Fsp3) is 0.654. The molecule has 1 unspecified atom stereocenters. The Morgan fingerprint density at radius 3 is 2.27 bits per heavy atom. The van der Waals surface area contributed by atoms with Crippen LogP contribution in [0.5, 0.6) is 0 Å². The highest BCUT2D eigenvalue weighted by Crippen LogP contribution is 2.53. The molecule has 33 heavy (non-hydrogen) atoms. The van der Waals surface area contributed by atoms with E-state index in [-0.39, 0.29) is 36.0 Å². The van der Waals surface area contributed by atoms with Crippen molar-refractivity contribution in [2.45, 2.75) is 76.4 Å². The molecular weight excluding hydrogens is 421 g/mol. The molecule has 3 amide bonds. The van der Waals surface area contributed by atoms with Gasteiger partial charge in [-0.3, -0.25) is 14.4 Å². The first-order valence-electron chi connectivity index (χ1n) is 12.5. The summed E-state index contributed by atoms with van der Waals surface area (Å²) in [6.07, 6.45) is 7.97. The Hall–Kier alpha value is -2.44. The molecule has 0 spiro atoms. The summed E-state index contributed by atoms with van der Waals surface area (Å²) in [5.41, 5.74) is 0.761. The summed E-state index contributed by atoms with van der Waals surface area (Å²) in [6.45, 7) is 1.89. The summed E-state index contributed by atoms with van der Waals surface area (Å²) in [7, 11) is 0. The molecule has 4 bridgehead atoms. The van der Waals surface area contributed by atoms with Crippen LogP contribution in [0.2, 0.25) is 0 Å². The molecule has 178 valence electrons. The molecule has 1 aliphatic heterocycles. The number of carbonyl (C=O) groups is 3. The predicted molar refractivity (Wildman–Crippen MR) is 121 cm³/mol. The maximum atomic E-state index is 13.5. The van der Waals surface area contributed by atoms with Gasteiger partial charge in [0.05, 0.1) is 0 Å². The molecular formula is C26H34FN3O3. The number of carbonyl (C=O) groups excluding carboxylic acids is 3. The highest BCUT2D eigenvalue weighted by molar-refractivity contribution is 5.92. The van der Waals surface area contributed by atoms with E-state index in [9.17, 15) is 18.8 Å². The number of amides is 3. The van der Waals surface area contributed by atoms with Crippen LogP contribution in [-0.4, -0.2) is 47.3 Å². The van der Waals surface area contributed by atoms with Crippen molar-refractivity contribution in [2.24, 2.45) is 23.7 Å². The van der Waals surface area contributed by atoms with E-state index < -0.39 is 12.1 Å². The minimum Gasteiger partial charge on any atom is -0.351 e. The van der Waals surface area contributed by atoms with E-state index in [4.69, 9.17) is 0 Å². The Bertz CT molecular complexity index is 890. The van der Waals surface area contributed by atoms with Crippen LogP contribution in [-0.2, 0) is 20.8 Å². The van der Waals surface area contributed by atoms with Crippen LogP contribution in [0.25, 0.3) is 0 Å². The van der Waals surface area contributed by atoms with E-state index in [1.54, 1.807) is 17.0 Å². The van der Waals surface area contributed by atoms with Crippen molar-refractivity contribution in [3.8, 4) is 0 Å². The Balaban J connectivity index is 1.26. The lowest BCUT2D eigenvalue weighted by molar-refractivity contribution is -0.142. The lowest BCUT2D eigenvalue weighted by atomic mass is 9.54. The van der Waals surface area contributed by atoms with Gasteiger partial charge in [-0.2, -0.15) is 0 Å². The van der Waals surface area contributed by atoms with Crippen LogP contribution in [0.1, 0.15) is 57.4 Å². The monoisotopic (exact) mass is 455 g/mol. The molecule has 4 saturated carbocycles. The number of halogens is 1. The summed E-state index contributed by atoms with van der Waals surface area (Å²) < 4.78 is 13.3. The van der Waals surface area contributed by atoms with Crippen LogP contribution in [0, 0.1) is 29.5 Å². The zero-order chi connectivity index (χ0) is 23.1. The molecule has 6 rings (SSSR count). The molecule has 2 atom stereocenters. The van der Waals surface area contributed by atoms with Gasteiger partial charge in [0, 0.05) is 25.9 Å². The normalized spacial score (nSPS) is 33.1. The number of nitrogens with one attached hydrogen (secondary N) is 2. The Kier molecular flexibility index (Phi) is 6.14. The summed E-state index contributed by atoms with van der Waals surface area (Å²) in [6, 6.07) is 4.93. The Labute approximate surface area is 194 Å². The third kappa shape index (κ3) is 4.64. The molecule has 1 aromatic rings. The van der Waals surface area contributed by atoms with Crippen molar-refractivity contribution in [1.82, 2.24) is 15.5 Å². The van der Waals surface area contributed by atoms with Crippen LogP contribution >= 0.6 is 0 Å². The van der Waals surface area contributed by atoms with Gasteiger partial charge >= 0.3 is 0 Å². The second-order valence-electron chi connectivity index (χ2n) is 10.7. The van der Waals surface area contributed by atoms with Crippen molar-refractivity contribution < 1.29 is 18.8 Å². The first-order valence-corrected chi connectivity index (χ1v) is 12.5. The number of rotatable bonds is 6. The molecule has 1 saturated heterocycles. The molecule has 0 aromatic heterocycles. The van der Waals surface area contributed by atoms with Gasteiger partial charge in [0.1, 0.15) is 17.9 Å². The summed E-state index contributed by atoms with van der Waals surface area (Å²) >= 11 is 0. The first kappa shape index (κ1) is 22.4.